The number of unbranched alkanes of at least 4 members (excludes halogenated alkanes) is 1. The van der Waals surface area contributed by atoms with Crippen molar-refractivity contribution in [1.29, 1.82) is 0 Å². The van der Waals surface area contributed by atoms with Crippen molar-refractivity contribution < 1.29 is 14.0 Å². The lowest BCUT2D eigenvalue weighted by Gasteiger charge is -2.13. The summed E-state index contributed by atoms with van der Waals surface area (Å²) in [5, 5.41) is 5.04. The minimum absolute atomic E-state index is 0.0181. The van der Waals surface area contributed by atoms with Gasteiger partial charge in [-0.3, -0.25) is 9.59 Å². The Morgan fingerprint density at radius 1 is 1.19 bits per heavy atom. The molecule has 4 nitrogen and oxygen atoms in total. The molecule has 0 heterocycles. The molecule has 0 aliphatic rings. The molecule has 2 rings (SSSR count). The lowest BCUT2D eigenvalue weighted by atomic mass is 10.2. The van der Waals surface area contributed by atoms with E-state index in [9.17, 15) is 14.0 Å². The maximum absolute atomic E-state index is 13.9. The van der Waals surface area contributed by atoms with Crippen molar-refractivity contribution in [3.8, 4) is 0 Å². The molecule has 0 spiro atoms. The van der Waals surface area contributed by atoms with Gasteiger partial charge < -0.3 is 10.6 Å². The summed E-state index contributed by atoms with van der Waals surface area (Å²) >= 11 is 4.53. The van der Waals surface area contributed by atoms with Crippen molar-refractivity contribution in [2.24, 2.45) is 0 Å². The number of anilines is 2. The van der Waals surface area contributed by atoms with Crippen molar-refractivity contribution in [2.75, 3.05) is 10.6 Å². The zero-order chi connectivity index (χ0) is 19.8. The molecule has 2 amide bonds. The van der Waals surface area contributed by atoms with Crippen LogP contribution in [-0.4, -0.2) is 17.1 Å². The van der Waals surface area contributed by atoms with Gasteiger partial charge in [0.05, 0.1) is 10.9 Å². The second kappa shape index (κ2) is 10.5. The van der Waals surface area contributed by atoms with Crippen molar-refractivity contribution in [3.63, 3.8) is 0 Å². The van der Waals surface area contributed by atoms with E-state index >= 15 is 0 Å². The SMILES string of the molecule is CCCCC(=O)Nc1cccc(SC(C)C(=O)Nc2ccc(Br)cc2F)c1. The first-order valence-electron chi connectivity index (χ1n) is 8.71. The number of carbonyl (C=O) groups excluding carboxylic acids is 2. The van der Waals surface area contributed by atoms with E-state index in [1.54, 1.807) is 13.0 Å². The van der Waals surface area contributed by atoms with Gasteiger partial charge >= 0.3 is 0 Å². The number of nitrogens with one attached hydrogen (secondary N) is 2. The maximum atomic E-state index is 13.9. The first kappa shape index (κ1) is 21.4. The van der Waals surface area contributed by atoms with E-state index in [0.717, 1.165) is 17.7 Å². The second-order valence-electron chi connectivity index (χ2n) is 6.05. The van der Waals surface area contributed by atoms with Crippen LogP contribution in [-0.2, 0) is 9.59 Å². The van der Waals surface area contributed by atoms with Crippen LogP contribution in [0.25, 0.3) is 0 Å². The predicted molar refractivity (Wildman–Crippen MR) is 113 cm³/mol. The average Bonchev–Trinajstić information content (AvgIpc) is 2.62. The third kappa shape index (κ3) is 6.99. The third-order valence-corrected chi connectivity index (χ3v) is 5.33. The molecule has 7 heteroatoms. The van der Waals surface area contributed by atoms with Gasteiger partial charge in [0.25, 0.3) is 0 Å². The molecule has 1 atom stereocenters. The number of halogens is 2. The molecule has 144 valence electrons. The normalized spacial score (nSPS) is 11.7. The van der Waals surface area contributed by atoms with Gasteiger partial charge in [-0.05, 0) is 49.7 Å². The lowest BCUT2D eigenvalue weighted by molar-refractivity contribution is -0.116. The zero-order valence-electron chi connectivity index (χ0n) is 15.2. The standard InChI is InChI=1S/C20H22BrFN2O2S/c1-3-4-8-19(25)23-15-6-5-7-16(12-15)27-13(2)20(26)24-18-10-9-14(21)11-17(18)22/h5-7,9-13H,3-4,8H2,1-2H3,(H,23,25)(H,24,26). The number of benzene rings is 2. The monoisotopic (exact) mass is 452 g/mol. The summed E-state index contributed by atoms with van der Waals surface area (Å²) in [4.78, 5) is 25.1. The number of rotatable bonds is 8. The van der Waals surface area contributed by atoms with Gasteiger partial charge in [0.2, 0.25) is 11.8 Å². The molecule has 0 bridgehead atoms. The van der Waals surface area contributed by atoms with Gasteiger partial charge in [-0.2, -0.15) is 0 Å². The van der Waals surface area contributed by atoms with E-state index in [0.29, 0.717) is 16.6 Å². The Morgan fingerprint density at radius 2 is 1.96 bits per heavy atom. The van der Waals surface area contributed by atoms with E-state index < -0.39 is 11.1 Å². The molecule has 2 aromatic carbocycles. The highest BCUT2D eigenvalue weighted by atomic mass is 79.9. The van der Waals surface area contributed by atoms with Crippen LogP contribution in [0.4, 0.5) is 15.8 Å². The molecule has 2 N–H and O–H groups in total. The summed E-state index contributed by atoms with van der Waals surface area (Å²) in [6, 6.07) is 11.8. The minimum Gasteiger partial charge on any atom is -0.326 e. The average molecular weight is 453 g/mol. The summed E-state index contributed by atoms with van der Waals surface area (Å²) in [7, 11) is 0. The van der Waals surface area contributed by atoms with Crippen molar-refractivity contribution in [1.82, 2.24) is 0 Å². The molecule has 0 saturated heterocycles. The molecule has 27 heavy (non-hydrogen) atoms. The Kier molecular flexibility index (Phi) is 8.31. The largest absolute Gasteiger partial charge is 0.326 e. The van der Waals surface area contributed by atoms with Crippen LogP contribution in [0.15, 0.2) is 51.8 Å². The fourth-order valence-electron chi connectivity index (χ4n) is 2.29. The molecule has 0 fully saturated rings. The predicted octanol–water partition coefficient (Wildman–Crippen LogP) is 5.84. The van der Waals surface area contributed by atoms with Crippen molar-refractivity contribution >= 4 is 50.9 Å². The lowest BCUT2D eigenvalue weighted by Crippen LogP contribution is -2.23. The highest BCUT2D eigenvalue weighted by Crippen LogP contribution is 2.27. The van der Waals surface area contributed by atoms with Crippen LogP contribution in [0.3, 0.4) is 0 Å². The van der Waals surface area contributed by atoms with Crippen molar-refractivity contribution in [3.05, 3.63) is 52.8 Å². The number of thioether (sulfide) groups is 1. The third-order valence-electron chi connectivity index (χ3n) is 3.75. The highest BCUT2D eigenvalue weighted by molar-refractivity contribution is 9.10. The highest BCUT2D eigenvalue weighted by Gasteiger charge is 2.16. The first-order valence-corrected chi connectivity index (χ1v) is 10.4. The Hall–Kier alpha value is -1.86. The Morgan fingerprint density at radius 3 is 2.67 bits per heavy atom. The van der Waals surface area contributed by atoms with Crippen LogP contribution in [0.1, 0.15) is 33.1 Å². The molecule has 0 saturated carbocycles. The summed E-state index contributed by atoms with van der Waals surface area (Å²) in [5.74, 6) is -0.805. The van der Waals surface area contributed by atoms with Gasteiger partial charge in [0.15, 0.2) is 0 Å². The van der Waals surface area contributed by atoms with Crippen molar-refractivity contribution in [2.45, 2.75) is 43.3 Å². The molecular formula is C20H22BrFN2O2S. The molecule has 1 unspecified atom stereocenters. The zero-order valence-corrected chi connectivity index (χ0v) is 17.6. The second-order valence-corrected chi connectivity index (χ2v) is 8.38. The fourth-order valence-corrected chi connectivity index (χ4v) is 3.55. The van der Waals surface area contributed by atoms with Gasteiger partial charge in [-0.25, -0.2) is 4.39 Å². The van der Waals surface area contributed by atoms with E-state index in [1.165, 1.54) is 23.9 Å². The first-order chi connectivity index (χ1) is 12.9. The molecule has 0 aliphatic heterocycles. The van der Waals surface area contributed by atoms with E-state index in [-0.39, 0.29) is 17.5 Å². The summed E-state index contributed by atoms with van der Waals surface area (Å²) in [5.41, 5.74) is 0.847. The Balaban J connectivity index is 1.96. The van der Waals surface area contributed by atoms with E-state index in [4.69, 9.17) is 0 Å². The van der Waals surface area contributed by atoms with E-state index in [1.807, 2.05) is 31.2 Å². The maximum Gasteiger partial charge on any atom is 0.237 e. The molecule has 2 aromatic rings. The molecule has 0 radical (unpaired) electrons. The molecule has 0 aliphatic carbocycles. The van der Waals surface area contributed by atoms with Crippen LogP contribution in [0, 0.1) is 5.82 Å². The van der Waals surface area contributed by atoms with Crippen LogP contribution >= 0.6 is 27.7 Å². The summed E-state index contributed by atoms with van der Waals surface area (Å²) < 4.78 is 14.5. The molecule has 0 aromatic heterocycles. The van der Waals surface area contributed by atoms with Gasteiger partial charge in [-0.15, -0.1) is 11.8 Å². The van der Waals surface area contributed by atoms with Crippen LogP contribution in [0.2, 0.25) is 0 Å². The number of hydrogen-bond acceptors (Lipinski definition) is 3. The van der Waals surface area contributed by atoms with Crippen LogP contribution in [0.5, 0.6) is 0 Å². The Labute approximate surface area is 171 Å². The summed E-state index contributed by atoms with van der Waals surface area (Å²) in [6.45, 7) is 3.79. The number of hydrogen-bond donors (Lipinski definition) is 2. The summed E-state index contributed by atoms with van der Waals surface area (Å²) in [6.07, 6.45) is 2.31. The number of carbonyl (C=O) groups is 2. The smallest absolute Gasteiger partial charge is 0.237 e. The minimum atomic E-state index is -0.494. The number of amides is 2. The fraction of sp³-hybridized carbons (Fsp3) is 0.300. The Bertz CT molecular complexity index is 816. The van der Waals surface area contributed by atoms with Crippen LogP contribution < -0.4 is 10.6 Å². The quantitative estimate of drug-likeness (QED) is 0.494. The van der Waals surface area contributed by atoms with Gasteiger partial charge in [-0.1, -0.05) is 35.3 Å². The van der Waals surface area contributed by atoms with Gasteiger partial charge in [0.1, 0.15) is 5.82 Å². The topological polar surface area (TPSA) is 58.2 Å². The molecular weight excluding hydrogens is 431 g/mol. The van der Waals surface area contributed by atoms with E-state index in [2.05, 4.69) is 26.6 Å². The van der Waals surface area contributed by atoms with Gasteiger partial charge in [0, 0.05) is 21.5 Å².